The lowest BCUT2D eigenvalue weighted by Gasteiger charge is -2.31. The number of ether oxygens (including phenoxy) is 1. The molecule has 1 aromatic heterocycles. The van der Waals surface area contributed by atoms with Crippen molar-refractivity contribution in [1.82, 2.24) is 10.1 Å². The molecule has 0 N–H and O–H groups in total. The van der Waals surface area contributed by atoms with Crippen molar-refractivity contribution in [2.75, 3.05) is 25.2 Å². The second-order valence-electron chi connectivity index (χ2n) is 6.32. The summed E-state index contributed by atoms with van der Waals surface area (Å²) in [6, 6.07) is 14.2. The third-order valence-electron chi connectivity index (χ3n) is 4.55. The van der Waals surface area contributed by atoms with Crippen LogP contribution >= 0.6 is 0 Å². The van der Waals surface area contributed by atoms with E-state index >= 15 is 0 Å². The third-order valence-corrected chi connectivity index (χ3v) is 4.55. The fourth-order valence-corrected chi connectivity index (χ4v) is 3.16. The fourth-order valence-electron chi connectivity index (χ4n) is 3.16. The van der Waals surface area contributed by atoms with Gasteiger partial charge in [0.1, 0.15) is 5.75 Å². The minimum Gasteiger partial charge on any atom is -0.497 e. The molecule has 0 fully saturated rings. The molecule has 0 atom stereocenters. The van der Waals surface area contributed by atoms with Crippen molar-refractivity contribution in [1.29, 1.82) is 0 Å². The van der Waals surface area contributed by atoms with Crippen molar-refractivity contribution in [3.05, 3.63) is 72.4 Å². The van der Waals surface area contributed by atoms with Crippen LogP contribution in [0.3, 0.4) is 0 Å². The molecule has 26 heavy (non-hydrogen) atoms. The van der Waals surface area contributed by atoms with Crippen molar-refractivity contribution in [3.63, 3.8) is 0 Å². The van der Waals surface area contributed by atoms with E-state index in [1.165, 1.54) is 5.56 Å². The first-order chi connectivity index (χ1) is 12.8. The Kier molecular flexibility index (Phi) is 4.46. The topological polar surface area (TPSA) is 41.7 Å². The molecule has 0 unspecified atom stereocenters. The number of rotatable bonds is 5. The van der Waals surface area contributed by atoms with Gasteiger partial charge >= 0.3 is 0 Å². The summed E-state index contributed by atoms with van der Waals surface area (Å²) in [7, 11) is 1.68. The van der Waals surface area contributed by atoms with E-state index in [4.69, 9.17) is 9.26 Å². The van der Waals surface area contributed by atoms with Gasteiger partial charge in [0.25, 0.3) is 0 Å². The van der Waals surface area contributed by atoms with Crippen molar-refractivity contribution >= 4 is 22.9 Å². The lowest BCUT2D eigenvalue weighted by Crippen LogP contribution is -2.38. The number of aromatic nitrogens is 1. The largest absolute Gasteiger partial charge is 0.497 e. The maximum Gasteiger partial charge on any atom is 0.185 e. The van der Waals surface area contributed by atoms with Crippen LogP contribution in [0.1, 0.15) is 11.1 Å². The molecule has 0 amide bonds. The maximum absolute atomic E-state index is 5.49. The Labute approximate surface area is 152 Å². The molecule has 1 aliphatic heterocycles. The van der Waals surface area contributed by atoms with Gasteiger partial charge in [-0.3, -0.25) is 4.90 Å². The third kappa shape index (κ3) is 3.21. The zero-order valence-corrected chi connectivity index (χ0v) is 14.8. The predicted octanol–water partition coefficient (Wildman–Crippen LogP) is 4.27. The summed E-state index contributed by atoms with van der Waals surface area (Å²) in [5, 5.41) is 5.28. The van der Waals surface area contributed by atoms with E-state index in [0.29, 0.717) is 0 Å². The Morgan fingerprint density at radius 3 is 2.85 bits per heavy atom. The molecular weight excluding hydrogens is 326 g/mol. The van der Waals surface area contributed by atoms with Crippen LogP contribution < -0.4 is 9.64 Å². The Morgan fingerprint density at radius 1 is 1.23 bits per heavy atom. The van der Waals surface area contributed by atoms with Crippen molar-refractivity contribution in [3.8, 4) is 5.75 Å². The number of fused-ring (bicyclic) bond motifs is 1. The fraction of sp³-hybridized carbons (Fsp3) is 0.190. The smallest absolute Gasteiger partial charge is 0.185 e. The molecule has 0 spiro atoms. The van der Waals surface area contributed by atoms with E-state index in [0.717, 1.165) is 47.9 Å². The van der Waals surface area contributed by atoms with Crippen molar-refractivity contribution in [2.45, 2.75) is 6.54 Å². The molecule has 0 aliphatic carbocycles. The summed E-state index contributed by atoms with van der Waals surface area (Å²) in [5.74, 6) is 1.71. The first-order valence-electron chi connectivity index (χ1n) is 8.57. The molecule has 0 bridgehead atoms. The Morgan fingerprint density at radius 2 is 2.08 bits per heavy atom. The van der Waals surface area contributed by atoms with Crippen LogP contribution in [0.25, 0.3) is 17.0 Å². The van der Waals surface area contributed by atoms with Crippen LogP contribution in [0.2, 0.25) is 0 Å². The first-order valence-corrected chi connectivity index (χ1v) is 8.57. The van der Waals surface area contributed by atoms with E-state index in [1.54, 1.807) is 7.11 Å². The molecule has 0 saturated carbocycles. The molecule has 132 valence electrons. The van der Waals surface area contributed by atoms with Crippen LogP contribution in [0.15, 0.2) is 65.8 Å². The second kappa shape index (κ2) is 7.06. The molecule has 0 radical (unpaired) electrons. The highest BCUT2D eigenvalue weighted by molar-refractivity contribution is 5.90. The van der Waals surface area contributed by atoms with Gasteiger partial charge in [0.15, 0.2) is 11.4 Å². The summed E-state index contributed by atoms with van der Waals surface area (Å²) in [6.07, 6.45) is 6.05. The van der Waals surface area contributed by atoms with Gasteiger partial charge in [-0.25, -0.2) is 0 Å². The van der Waals surface area contributed by atoms with Gasteiger partial charge in [0, 0.05) is 19.3 Å². The van der Waals surface area contributed by atoms with Crippen LogP contribution in [-0.2, 0) is 6.54 Å². The maximum atomic E-state index is 5.49. The molecule has 4 rings (SSSR count). The molecule has 3 aromatic rings. The summed E-state index contributed by atoms with van der Waals surface area (Å²) < 4.78 is 10.7. The van der Waals surface area contributed by atoms with Gasteiger partial charge in [-0.2, -0.15) is 0 Å². The zero-order valence-electron chi connectivity index (χ0n) is 14.8. The van der Waals surface area contributed by atoms with Crippen molar-refractivity contribution < 1.29 is 9.26 Å². The van der Waals surface area contributed by atoms with E-state index in [2.05, 4.69) is 52.0 Å². The zero-order chi connectivity index (χ0) is 17.9. The average Bonchev–Trinajstić information content (AvgIpc) is 3.12. The number of hydrogen-bond donors (Lipinski definition) is 0. The molecule has 1 aliphatic rings. The number of nitrogens with zero attached hydrogens (tertiary/aromatic N) is 3. The SMILES string of the molecule is C=Cc1ccc2onc(N3C=CCN(Cc4ccc(OC)cc4)C3)c2c1. The monoisotopic (exact) mass is 347 g/mol. The Balaban J connectivity index is 1.54. The van der Waals surface area contributed by atoms with Gasteiger partial charge in [0.05, 0.1) is 19.2 Å². The average molecular weight is 347 g/mol. The van der Waals surface area contributed by atoms with Gasteiger partial charge in [-0.15, -0.1) is 0 Å². The first kappa shape index (κ1) is 16.4. The van der Waals surface area contributed by atoms with Crippen molar-refractivity contribution in [2.24, 2.45) is 0 Å². The highest BCUT2D eigenvalue weighted by Gasteiger charge is 2.19. The van der Waals surface area contributed by atoms with Gasteiger partial charge in [-0.05, 0) is 35.4 Å². The normalized spacial score (nSPS) is 14.7. The molecule has 2 heterocycles. The van der Waals surface area contributed by atoms with E-state index in [-0.39, 0.29) is 0 Å². The van der Waals surface area contributed by atoms with Crippen LogP contribution in [0, 0.1) is 0 Å². The number of hydrogen-bond acceptors (Lipinski definition) is 5. The Hall–Kier alpha value is -3.05. The quantitative estimate of drug-likeness (QED) is 0.689. The standard InChI is InChI=1S/C21H21N3O2/c1-3-16-7-10-20-19(13-16)21(22-26-20)24-12-4-11-23(15-24)14-17-5-8-18(25-2)9-6-17/h3-10,12-13H,1,11,14-15H2,2H3. The predicted molar refractivity (Wildman–Crippen MR) is 104 cm³/mol. The molecule has 5 nitrogen and oxygen atoms in total. The van der Waals surface area contributed by atoms with Gasteiger partial charge in [-0.1, -0.05) is 42.1 Å². The summed E-state index contributed by atoms with van der Waals surface area (Å²) in [6.45, 7) is 6.35. The summed E-state index contributed by atoms with van der Waals surface area (Å²) >= 11 is 0. The lowest BCUT2D eigenvalue weighted by molar-refractivity contribution is 0.289. The molecule has 5 heteroatoms. The Bertz CT molecular complexity index is 944. The van der Waals surface area contributed by atoms with E-state index in [1.807, 2.05) is 30.3 Å². The van der Waals surface area contributed by atoms with Gasteiger partial charge < -0.3 is 14.2 Å². The molecule has 0 saturated heterocycles. The van der Waals surface area contributed by atoms with Crippen LogP contribution in [-0.4, -0.2) is 30.4 Å². The second-order valence-corrected chi connectivity index (χ2v) is 6.32. The van der Waals surface area contributed by atoms with E-state index in [9.17, 15) is 0 Å². The highest BCUT2D eigenvalue weighted by atomic mass is 16.5. The lowest BCUT2D eigenvalue weighted by atomic mass is 10.1. The number of benzene rings is 2. The summed E-state index contributed by atoms with van der Waals surface area (Å²) in [4.78, 5) is 4.46. The number of anilines is 1. The highest BCUT2D eigenvalue weighted by Crippen LogP contribution is 2.29. The minimum absolute atomic E-state index is 0.752. The molecule has 2 aromatic carbocycles. The molecular formula is C21H21N3O2. The van der Waals surface area contributed by atoms with E-state index < -0.39 is 0 Å². The number of methoxy groups -OCH3 is 1. The minimum atomic E-state index is 0.752. The van der Waals surface area contributed by atoms with Crippen LogP contribution in [0.5, 0.6) is 5.75 Å². The summed E-state index contributed by atoms with van der Waals surface area (Å²) in [5.41, 5.74) is 3.09. The van der Waals surface area contributed by atoms with Crippen LogP contribution in [0.4, 0.5) is 5.82 Å². The van der Waals surface area contributed by atoms with Gasteiger partial charge in [0.2, 0.25) is 0 Å².